The van der Waals surface area contributed by atoms with Gasteiger partial charge >= 0.3 is 12.2 Å². The molecule has 4 aromatic carbocycles. The van der Waals surface area contributed by atoms with Crippen molar-refractivity contribution < 1.29 is 19.1 Å². The van der Waals surface area contributed by atoms with E-state index in [1.165, 1.54) is 0 Å². The maximum Gasteiger partial charge on any atom is 0.417 e. The minimum absolute atomic E-state index is 0.479. The Hall–Kier alpha value is -4.58. The molecule has 0 aromatic heterocycles. The van der Waals surface area contributed by atoms with Crippen LogP contribution in [0.3, 0.4) is 0 Å². The number of unbranched alkanes of at least 4 members (excludes halogenated alkanes) is 2. The Bertz CT molecular complexity index is 1340. The number of carbonyl (C=O) groups is 2. The van der Waals surface area contributed by atoms with E-state index in [0.29, 0.717) is 29.3 Å². The highest BCUT2D eigenvalue weighted by molar-refractivity contribution is 5.89. The number of rotatable bonds is 12. The standard InChI is InChI=1S/C35H38N2O4/c1-3-5-15-26-17-9-13-23-32(26)40-34(38)36-30-21-11-7-19-28(30)25-29-20-8-12-22-31(29)37-35(39)41-33-24-14-10-18-27(33)16-6-4-2/h7-14,17-24H,3-6,15-16,25H2,1-2H3,(H,36,38)(H,37,39). The van der Waals surface area contributed by atoms with Crippen molar-refractivity contribution in [3.63, 3.8) is 0 Å². The summed E-state index contributed by atoms with van der Waals surface area (Å²) in [7, 11) is 0. The van der Waals surface area contributed by atoms with Gasteiger partial charge in [0.1, 0.15) is 11.5 Å². The molecule has 212 valence electrons. The van der Waals surface area contributed by atoms with Crippen LogP contribution >= 0.6 is 0 Å². The highest BCUT2D eigenvalue weighted by Gasteiger charge is 2.15. The second-order valence-electron chi connectivity index (χ2n) is 9.94. The van der Waals surface area contributed by atoms with E-state index in [2.05, 4.69) is 24.5 Å². The molecule has 0 aliphatic rings. The van der Waals surface area contributed by atoms with Crippen LogP contribution < -0.4 is 20.1 Å². The Kier molecular flexibility index (Phi) is 11.0. The van der Waals surface area contributed by atoms with Gasteiger partial charge in [-0.3, -0.25) is 10.6 Å². The zero-order chi connectivity index (χ0) is 28.9. The monoisotopic (exact) mass is 550 g/mol. The van der Waals surface area contributed by atoms with Gasteiger partial charge in [-0.25, -0.2) is 9.59 Å². The first kappa shape index (κ1) is 29.4. The molecule has 2 N–H and O–H groups in total. The highest BCUT2D eigenvalue weighted by Crippen LogP contribution is 2.26. The fraction of sp³-hybridized carbons (Fsp3) is 0.257. The van der Waals surface area contributed by atoms with Crippen LogP contribution in [0.25, 0.3) is 0 Å². The molecule has 0 aliphatic heterocycles. The quantitative estimate of drug-likeness (QED) is 0.184. The summed E-state index contributed by atoms with van der Waals surface area (Å²) in [4.78, 5) is 25.8. The molecule has 0 bridgehead atoms. The Morgan fingerprint density at radius 3 is 1.32 bits per heavy atom. The fourth-order valence-electron chi connectivity index (χ4n) is 4.62. The average molecular weight is 551 g/mol. The smallest absolute Gasteiger partial charge is 0.410 e. The summed E-state index contributed by atoms with van der Waals surface area (Å²) >= 11 is 0. The number of para-hydroxylation sites is 4. The first-order valence-electron chi connectivity index (χ1n) is 14.4. The molecule has 0 heterocycles. The summed E-state index contributed by atoms with van der Waals surface area (Å²) in [6.45, 7) is 4.27. The lowest BCUT2D eigenvalue weighted by molar-refractivity contribution is 0.213. The number of hydrogen-bond donors (Lipinski definition) is 2. The Morgan fingerprint density at radius 1 is 0.537 bits per heavy atom. The van der Waals surface area contributed by atoms with Crippen molar-refractivity contribution in [1.82, 2.24) is 0 Å². The van der Waals surface area contributed by atoms with Crippen LogP contribution in [0.4, 0.5) is 21.0 Å². The lowest BCUT2D eigenvalue weighted by Gasteiger charge is -2.15. The number of benzene rings is 4. The van der Waals surface area contributed by atoms with Gasteiger partial charge in [0.25, 0.3) is 0 Å². The first-order chi connectivity index (χ1) is 20.1. The number of ether oxygens (including phenoxy) is 2. The molecule has 6 nitrogen and oxygen atoms in total. The van der Waals surface area contributed by atoms with Gasteiger partial charge in [-0.2, -0.15) is 0 Å². The Labute approximate surface area is 242 Å². The van der Waals surface area contributed by atoms with Crippen LogP contribution in [0.15, 0.2) is 97.1 Å². The van der Waals surface area contributed by atoms with E-state index in [4.69, 9.17) is 9.47 Å². The third-order valence-corrected chi connectivity index (χ3v) is 6.84. The second kappa shape index (κ2) is 15.3. The van der Waals surface area contributed by atoms with Crippen molar-refractivity contribution in [2.75, 3.05) is 10.6 Å². The molecule has 0 unspecified atom stereocenters. The van der Waals surface area contributed by atoms with Crippen molar-refractivity contribution in [2.45, 2.75) is 58.8 Å². The lowest BCUT2D eigenvalue weighted by atomic mass is 10.0. The minimum Gasteiger partial charge on any atom is -0.410 e. The van der Waals surface area contributed by atoms with E-state index < -0.39 is 12.2 Å². The van der Waals surface area contributed by atoms with Crippen LogP contribution in [0, 0.1) is 0 Å². The van der Waals surface area contributed by atoms with Gasteiger partial charge in [0.05, 0.1) is 0 Å². The third kappa shape index (κ3) is 8.70. The topological polar surface area (TPSA) is 76.7 Å². The Morgan fingerprint density at radius 2 is 0.902 bits per heavy atom. The van der Waals surface area contributed by atoms with E-state index in [1.54, 1.807) is 0 Å². The third-order valence-electron chi connectivity index (χ3n) is 6.84. The van der Waals surface area contributed by atoms with E-state index in [-0.39, 0.29) is 0 Å². The summed E-state index contributed by atoms with van der Waals surface area (Å²) in [6.07, 6.45) is 5.28. The molecular weight excluding hydrogens is 512 g/mol. The molecule has 0 atom stereocenters. The minimum atomic E-state index is -0.543. The number of anilines is 2. The number of carbonyl (C=O) groups excluding carboxylic acids is 2. The van der Waals surface area contributed by atoms with Gasteiger partial charge in [-0.05, 0) is 72.2 Å². The molecule has 0 fully saturated rings. The maximum absolute atomic E-state index is 12.9. The van der Waals surface area contributed by atoms with Crippen LogP contribution in [-0.2, 0) is 19.3 Å². The fourth-order valence-corrected chi connectivity index (χ4v) is 4.62. The van der Waals surface area contributed by atoms with Crippen molar-refractivity contribution in [2.24, 2.45) is 0 Å². The van der Waals surface area contributed by atoms with Crippen molar-refractivity contribution in [1.29, 1.82) is 0 Å². The average Bonchev–Trinajstić information content (AvgIpc) is 2.98. The lowest BCUT2D eigenvalue weighted by Crippen LogP contribution is -2.19. The summed E-state index contributed by atoms with van der Waals surface area (Å²) in [5.74, 6) is 1.14. The van der Waals surface area contributed by atoms with Gasteiger partial charge < -0.3 is 9.47 Å². The zero-order valence-corrected chi connectivity index (χ0v) is 23.8. The number of nitrogens with one attached hydrogen (secondary N) is 2. The Balaban J connectivity index is 1.44. The van der Waals surface area contributed by atoms with Crippen molar-refractivity contribution in [3.8, 4) is 11.5 Å². The summed E-state index contributed by atoms with van der Waals surface area (Å²) in [5.41, 5.74) is 5.08. The van der Waals surface area contributed by atoms with Gasteiger partial charge in [0.2, 0.25) is 0 Å². The van der Waals surface area contributed by atoms with Gasteiger partial charge in [-0.15, -0.1) is 0 Å². The SMILES string of the molecule is CCCCc1ccccc1OC(=O)Nc1ccccc1Cc1ccccc1NC(=O)Oc1ccccc1CCCC. The summed E-state index contributed by atoms with van der Waals surface area (Å²) in [5, 5.41) is 5.81. The summed E-state index contributed by atoms with van der Waals surface area (Å²) < 4.78 is 11.4. The number of hydrogen-bond acceptors (Lipinski definition) is 4. The molecule has 4 aromatic rings. The molecule has 2 amide bonds. The molecule has 4 rings (SSSR count). The highest BCUT2D eigenvalue weighted by atomic mass is 16.6. The van der Waals surface area contributed by atoms with Crippen molar-refractivity contribution >= 4 is 23.6 Å². The molecule has 0 saturated heterocycles. The maximum atomic E-state index is 12.9. The normalized spacial score (nSPS) is 10.6. The molecule has 0 spiro atoms. The van der Waals surface area contributed by atoms with E-state index >= 15 is 0 Å². The molecule has 0 aliphatic carbocycles. The molecule has 41 heavy (non-hydrogen) atoms. The van der Waals surface area contributed by atoms with Crippen LogP contribution in [0.5, 0.6) is 11.5 Å². The van der Waals surface area contributed by atoms with E-state index in [9.17, 15) is 9.59 Å². The van der Waals surface area contributed by atoms with Gasteiger partial charge in [0.15, 0.2) is 0 Å². The van der Waals surface area contributed by atoms with Gasteiger partial charge in [-0.1, -0.05) is 99.5 Å². The predicted octanol–water partition coefficient (Wildman–Crippen LogP) is 9.18. The second-order valence-corrected chi connectivity index (χ2v) is 9.94. The van der Waals surface area contributed by atoms with Crippen LogP contribution in [0.1, 0.15) is 61.8 Å². The van der Waals surface area contributed by atoms with Crippen LogP contribution in [-0.4, -0.2) is 12.2 Å². The predicted molar refractivity (Wildman–Crippen MR) is 165 cm³/mol. The molecule has 0 saturated carbocycles. The van der Waals surface area contributed by atoms with Crippen LogP contribution in [0.2, 0.25) is 0 Å². The molecule has 0 radical (unpaired) electrons. The van der Waals surface area contributed by atoms with E-state index in [1.807, 2.05) is 97.1 Å². The van der Waals surface area contributed by atoms with E-state index in [0.717, 1.165) is 60.8 Å². The zero-order valence-electron chi connectivity index (χ0n) is 23.8. The number of amides is 2. The summed E-state index contributed by atoms with van der Waals surface area (Å²) in [6, 6.07) is 30.4. The van der Waals surface area contributed by atoms with Gasteiger partial charge in [0, 0.05) is 17.8 Å². The number of aryl methyl sites for hydroxylation is 2. The largest absolute Gasteiger partial charge is 0.417 e. The molecule has 6 heteroatoms. The first-order valence-corrected chi connectivity index (χ1v) is 14.4. The van der Waals surface area contributed by atoms with Crippen molar-refractivity contribution in [3.05, 3.63) is 119 Å². The molecular formula is C35H38N2O4.